The summed E-state index contributed by atoms with van der Waals surface area (Å²) in [5.41, 5.74) is 3.05. The van der Waals surface area contributed by atoms with E-state index in [0.29, 0.717) is 38.1 Å². The van der Waals surface area contributed by atoms with Crippen molar-refractivity contribution in [3.63, 3.8) is 0 Å². The Morgan fingerprint density at radius 2 is 1.08 bits per heavy atom. The SMILES string of the molecule is Fc1ccc(-c2ccc3ccc4c(-c5c6ccccc6c(-c6ccc(C(F)(F)F)nc6)c6cc(F)ccc56)ccc5c(F)cc2c3c54)cc1. The van der Waals surface area contributed by atoms with Gasteiger partial charge in [-0.2, -0.15) is 13.2 Å². The lowest BCUT2D eigenvalue weighted by Crippen LogP contribution is -2.07. The zero-order valence-corrected chi connectivity index (χ0v) is 25.3. The molecule has 0 bridgehead atoms. The Labute approximate surface area is 275 Å². The van der Waals surface area contributed by atoms with Gasteiger partial charge in [0.2, 0.25) is 0 Å². The minimum Gasteiger partial charge on any atom is -0.251 e. The summed E-state index contributed by atoms with van der Waals surface area (Å²) in [7, 11) is 0. The monoisotopic (exact) mass is 653 g/mol. The molecule has 9 rings (SSSR count). The van der Waals surface area contributed by atoms with Gasteiger partial charge in [-0.25, -0.2) is 13.2 Å². The van der Waals surface area contributed by atoms with Gasteiger partial charge in [0.05, 0.1) is 0 Å². The molecule has 1 aromatic heterocycles. The van der Waals surface area contributed by atoms with Crippen molar-refractivity contribution < 1.29 is 26.3 Å². The first-order valence-corrected chi connectivity index (χ1v) is 15.5. The number of hydrogen-bond acceptors (Lipinski definition) is 1. The van der Waals surface area contributed by atoms with Crippen LogP contribution in [0.1, 0.15) is 5.69 Å². The second-order valence-electron chi connectivity index (χ2n) is 12.2. The van der Waals surface area contributed by atoms with Crippen LogP contribution < -0.4 is 0 Å². The molecular formula is C42H21F6N. The van der Waals surface area contributed by atoms with Crippen LogP contribution in [0.2, 0.25) is 0 Å². The van der Waals surface area contributed by atoms with Crippen molar-refractivity contribution in [2.45, 2.75) is 6.18 Å². The zero-order valence-electron chi connectivity index (χ0n) is 25.3. The van der Waals surface area contributed by atoms with E-state index in [1.807, 2.05) is 54.6 Å². The number of aromatic nitrogens is 1. The maximum absolute atomic E-state index is 16.0. The first-order valence-electron chi connectivity index (χ1n) is 15.5. The summed E-state index contributed by atoms with van der Waals surface area (Å²) >= 11 is 0. The van der Waals surface area contributed by atoms with Crippen LogP contribution >= 0.6 is 0 Å². The quantitative estimate of drug-likeness (QED) is 0.105. The molecule has 1 heterocycles. The molecule has 0 radical (unpaired) electrons. The molecule has 0 aliphatic carbocycles. The van der Waals surface area contributed by atoms with E-state index in [9.17, 15) is 17.6 Å². The number of pyridine rings is 1. The van der Waals surface area contributed by atoms with Gasteiger partial charge in [-0.3, -0.25) is 4.98 Å². The second-order valence-corrected chi connectivity index (χ2v) is 12.2. The molecule has 7 heteroatoms. The Morgan fingerprint density at radius 3 is 1.82 bits per heavy atom. The summed E-state index contributed by atoms with van der Waals surface area (Å²) in [6.07, 6.45) is -3.43. The molecule has 0 atom stereocenters. The largest absolute Gasteiger partial charge is 0.433 e. The van der Waals surface area contributed by atoms with Gasteiger partial charge in [0.15, 0.2) is 0 Å². The molecule has 0 spiro atoms. The predicted molar refractivity (Wildman–Crippen MR) is 184 cm³/mol. The van der Waals surface area contributed by atoms with Crippen molar-refractivity contribution in [2.24, 2.45) is 0 Å². The van der Waals surface area contributed by atoms with Gasteiger partial charge in [0.1, 0.15) is 23.1 Å². The minimum absolute atomic E-state index is 0.364. The Kier molecular flexibility index (Phi) is 6.27. The van der Waals surface area contributed by atoms with Crippen molar-refractivity contribution >= 4 is 53.9 Å². The van der Waals surface area contributed by atoms with Crippen molar-refractivity contribution in [1.29, 1.82) is 0 Å². The molecule has 49 heavy (non-hydrogen) atoms. The van der Waals surface area contributed by atoms with Crippen LogP contribution in [0.25, 0.3) is 87.2 Å². The van der Waals surface area contributed by atoms with Crippen LogP contribution in [0.15, 0.2) is 128 Å². The predicted octanol–water partition coefficient (Wildman–Crippen LogP) is 12.7. The molecule has 0 unspecified atom stereocenters. The fraction of sp³-hybridized carbons (Fsp3) is 0.0238. The standard InChI is InChI=1S/C42H21F6N/c43-25-10-5-22(6-11-25)27-13-7-23-8-14-31-30(16-17-33-36(45)20-35(27)39(23)41(31)33)40-29-4-2-1-3-28(29)38(34-19-26(44)12-15-32(34)40)24-9-18-37(49-21-24)42(46,47)48/h1-21H. The molecule has 236 valence electrons. The third kappa shape index (κ3) is 4.45. The van der Waals surface area contributed by atoms with Crippen LogP contribution in [0.4, 0.5) is 26.3 Å². The summed E-state index contributed by atoms with van der Waals surface area (Å²) in [6, 6.07) is 33.3. The molecule has 0 amide bonds. The fourth-order valence-corrected chi connectivity index (χ4v) is 7.40. The van der Waals surface area contributed by atoms with Crippen molar-refractivity contribution in [2.75, 3.05) is 0 Å². The van der Waals surface area contributed by atoms with E-state index in [0.717, 1.165) is 55.3 Å². The molecule has 0 saturated carbocycles. The lowest BCUT2D eigenvalue weighted by atomic mass is 9.83. The topological polar surface area (TPSA) is 12.9 Å². The van der Waals surface area contributed by atoms with Gasteiger partial charge in [-0.05, 0) is 107 Å². The van der Waals surface area contributed by atoms with Crippen LogP contribution in [0.3, 0.4) is 0 Å². The number of alkyl halides is 3. The van der Waals surface area contributed by atoms with Crippen LogP contribution in [-0.2, 0) is 6.18 Å². The number of nitrogens with zero attached hydrogens (tertiary/aromatic N) is 1. The molecular weight excluding hydrogens is 632 g/mol. The molecule has 8 aromatic carbocycles. The minimum atomic E-state index is -4.60. The maximum atomic E-state index is 16.0. The average Bonchev–Trinajstić information content (AvgIpc) is 3.10. The molecule has 0 fully saturated rings. The van der Waals surface area contributed by atoms with E-state index < -0.39 is 23.5 Å². The van der Waals surface area contributed by atoms with Gasteiger partial charge >= 0.3 is 6.18 Å². The van der Waals surface area contributed by atoms with Crippen molar-refractivity contribution in [1.82, 2.24) is 4.98 Å². The lowest BCUT2D eigenvalue weighted by Gasteiger charge is -2.21. The van der Waals surface area contributed by atoms with E-state index in [4.69, 9.17) is 0 Å². The first-order chi connectivity index (χ1) is 23.7. The smallest absolute Gasteiger partial charge is 0.251 e. The lowest BCUT2D eigenvalue weighted by molar-refractivity contribution is -0.141. The zero-order chi connectivity index (χ0) is 33.6. The van der Waals surface area contributed by atoms with Gasteiger partial charge in [0, 0.05) is 22.5 Å². The summed E-state index contributed by atoms with van der Waals surface area (Å²) < 4.78 is 85.1. The van der Waals surface area contributed by atoms with Gasteiger partial charge in [-0.15, -0.1) is 0 Å². The molecule has 0 saturated heterocycles. The highest BCUT2D eigenvalue weighted by molar-refractivity contribution is 6.30. The number of fused-ring (bicyclic) bond motifs is 2. The Balaban J connectivity index is 1.38. The highest BCUT2D eigenvalue weighted by Crippen LogP contribution is 2.48. The molecule has 0 N–H and O–H groups in total. The normalized spacial score (nSPS) is 12.3. The number of hydrogen-bond donors (Lipinski definition) is 0. The summed E-state index contributed by atoms with van der Waals surface area (Å²) in [6.45, 7) is 0. The van der Waals surface area contributed by atoms with Gasteiger partial charge in [-0.1, -0.05) is 84.9 Å². The van der Waals surface area contributed by atoms with Crippen molar-refractivity contribution in [3.05, 3.63) is 151 Å². The van der Waals surface area contributed by atoms with Crippen LogP contribution in [-0.4, -0.2) is 4.98 Å². The van der Waals surface area contributed by atoms with E-state index >= 15 is 8.78 Å². The van der Waals surface area contributed by atoms with Gasteiger partial charge in [0.25, 0.3) is 0 Å². The highest BCUT2D eigenvalue weighted by atomic mass is 19.4. The Bertz CT molecular complexity index is 2770. The summed E-state index contributed by atoms with van der Waals surface area (Å²) in [5, 5.41) is 7.10. The number of halogens is 6. The third-order valence-corrected chi connectivity index (χ3v) is 9.48. The summed E-state index contributed by atoms with van der Waals surface area (Å²) in [5.74, 6) is -1.26. The second kappa shape index (κ2) is 10.5. The molecule has 1 nitrogen and oxygen atoms in total. The third-order valence-electron chi connectivity index (χ3n) is 9.48. The Morgan fingerprint density at radius 1 is 0.449 bits per heavy atom. The van der Waals surface area contributed by atoms with E-state index in [1.165, 1.54) is 42.6 Å². The maximum Gasteiger partial charge on any atom is 0.433 e. The van der Waals surface area contributed by atoms with Crippen molar-refractivity contribution in [3.8, 4) is 33.4 Å². The number of rotatable bonds is 3. The first kappa shape index (κ1) is 29.2. The molecule has 9 aromatic rings. The van der Waals surface area contributed by atoms with Gasteiger partial charge < -0.3 is 0 Å². The van der Waals surface area contributed by atoms with Crippen LogP contribution in [0.5, 0.6) is 0 Å². The highest BCUT2D eigenvalue weighted by Gasteiger charge is 2.32. The van der Waals surface area contributed by atoms with Crippen LogP contribution in [0, 0.1) is 17.5 Å². The number of benzene rings is 8. The Hall–Kier alpha value is -5.95. The average molecular weight is 654 g/mol. The van der Waals surface area contributed by atoms with E-state index in [2.05, 4.69) is 4.98 Å². The molecule has 0 aliphatic heterocycles. The molecule has 0 aliphatic rings. The fourth-order valence-electron chi connectivity index (χ4n) is 7.40. The summed E-state index contributed by atoms with van der Waals surface area (Å²) in [4.78, 5) is 3.70. The van der Waals surface area contributed by atoms with E-state index in [1.54, 1.807) is 24.3 Å². The van der Waals surface area contributed by atoms with E-state index in [-0.39, 0.29) is 5.82 Å².